The molecule has 1 heterocycles. The van der Waals surface area contributed by atoms with Crippen molar-refractivity contribution >= 4 is 6.08 Å². The fourth-order valence-corrected chi connectivity index (χ4v) is 1.20. The van der Waals surface area contributed by atoms with Crippen LogP contribution in [0.4, 0.5) is 8.78 Å². The molecule has 0 fully saturated rings. The van der Waals surface area contributed by atoms with Crippen molar-refractivity contribution in [2.75, 3.05) is 0 Å². The van der Waals surface area contributed by atoms with Gasteiger partial charge in [0, 0.05) is 17.5 Å². The molecule has 66 valence electrons. The molecule has 0 radical (unpaired) electrons. The summed E-state index contributed by atoms with van der Waals surface area (Å²) in [7, 11) is 0. The van der Waals surface area contributed by atoms with Crippen LogP contribution in [0.15, 0.2) is 41.5 Å². The first-order valence-electron chi connectivity index (χ1n) is 3.89. The first-order chi connectivity index (χ1) is 6.17. The van der Waals surface area contributed by atoms with E-state index in [1.54, 1.807) is 24.3 Å². The van der Waals surface area contributed by atoms with E-state index in [2.05, 4.69) is 4.99 Å². The van der Waals surface area contributed by atoms with E-state index < -0.39 is 5.92 Å². The van der Waals surface area contributed by atoms with Gasteiger partial charge >= 0.3 is 0 Å². The molecule has 1 aliphatic rings. The van der Waals surface area contributed by atoms with Crippen LogP contribution < -0.4 is 10.6 Å². The molecule has 0 saturated heterocycles. The van der Waals surface area contributed by atoms with Crippen molar-refractivity contribution in [3.05, 3.63) is 47.1 Å². The van der Waals surface area contributed by atoms with Crippen LogP contribution in [0.5, 0.6) is 0 Å². The predicted molar refractivity (Wildman–Crippen MR) is 45.8 cm³/mol. The zero-order valence-electron chi connectivity index (χ0n) is 6.74. The lowest BCUT2D eigenvalue weighted by Gasteiger charge is -2.01. The maximum Gasteiger partial charge on any atom is 0.287 e. The van der Waals surface area contributed by atoms with Crippen molar-refractivity contribution in [1.29, 1.82) is 0 Å². The topological polar surface area (TPSA) is 12.4 Å². The number of hydrogen-bond acceptors (Lipinski definition) is 1. The van der Waals surface area contributed by atoms with E-state index in [1.165, 1.54) is 0 Å². The van der Waals surface area contributed by atoms with Gasteiger partial charge in [-0.15, -0.1) is 0 Å². The van der Waals surface area contributed by atoms with Gasteiger partial charge < -0.3 is 0 Å². The third-order valence-corrected chi connectivity index (χ3v) is 1.80. The Morgan fingerprint density at radius 3 is 2.77 bits per heavy atom. The van der Waals surface area contributed by atoms with Gasteiger partial charge in [-0.3, -0.25) is 4.99 Å². The molecule has 0 N–H and O–H groups in total. The number of nitrogens with zero attached hydrogens (tertiary/aromatic N) is 1. The Bertz CT molecular complexity index is 460. The van der Waals surface area contributed by atoms with Crippen LogP contribution >= 0.6 is 0 Å². The second kappa shape index (κ2) is 2.76. The predicted octanol–water partition coefficient (Wildman–Crippen LogP) is 1.25. The van der Waals surface area contributed by atoms with Crippen molar-refractivity contribution in [2.24, 2.45) is 4.99 Å². The molecule has 13 heavy (non-hydrogen) atoms. The second-order valence-electron chi connectivity index (χ2n) is 2.82. The van der Waals surface area contributed by atoms with Gasteiger partial charge in [-0.05, 0) is 12.1 Å². The average Bonchev–Trinajstić information content (AvgIpc) is 2.21. The minimum absolute atomic E-state index is 0.470. The molecule has 1 aliphatic heterocycles. The number of allylic oxidation sites excluding steroid dienone is 1. The van der Waals surface area contributed by atoms with Gasteiger partial charge in [0.25, 0.3) is 5.92 Å². The Labute approximate surface area is 73.7 Å². The summed E-state index contributed by atoms with van der Waals surface area (Å²) in [5.74, 6) is -2.89. The Hall–Kier alpha value is -1.51. The normalized spacial score (nSPS) is 18.0. The lowest BCUT2D eigenvalue weighted by atomic mass is 10.2. The highest BCUT2D eigenvalue weighted by atomic mass is 19.3. The minimum atomic E-state index is -2.89. The van der Waals surface area contributed by atoms with Gasteiger partial charge in [0.1, 0.15) is 0 Å². The van der Waals surface area contributed by atoms with Gasteiger partial charge in [-0.25, -0.2) is 0 Å². The van der Waals surface area contributed by atoms with Gasteiger partial charge in [0.2, 0.25) is 0 Å². The van der Waals surface area contributed by atoms with Crippen LogP contribution in [0.2, 0.25) is 0 Å². The molecule has 1 aromatic rings. The molecule has 3 heteroatoms. The van der Waals surface area contributed by atoms with E-state index in [1.807, 2.05) is 0 Å². The van der Waals surface area contributed by atoms with Crippen LogP contribution in [-0.4, -0.2) is 5.92 Å². The molecular weight excluding hydrogens is 172 g/mol. The zero-order chi connectivity index (χ0) is 9.31. The number of benzene rings is 1. The molecule has 0 bridgehead atoms. The first-order valence-corrected chi connectivity index (χ1v) is 3.89. The van der Waals surface area contributed by atoms with Crippen LogP contribution in [0.1, 0.15) is 0 Å². The number of para-hydroxylation sites is 1. The Morgan fingerprint density at radius 1 is 1.15 bits per heavy atom. The van der Waals surface area contributed by atoms with E-state index in [0.29, 0.717) is 10.6 Å². The number of alkyl halides is 2. The number of rotatable bonds is 0. The Kier molecular flexibility index (Phi) is 1.72. The molecule has 0 aliphatic carbocycles. The monoisotopic (exact) mass is 179 g/mol. The number of fused-ring (bicyclic) bond motifs is 1. The Morgan fingerprint density at radius 2 is 1.92 bits per heavy atom. The molecule has 1 aromatic carbocycles. The molecule has 0 atom stereocenters. The van der Waals surface area contributed by atoms with Crippen molar-refractivity contribution in [3.8, 4) is 0 Å². The maximum atomic E-state index is 12.9. The molecule has 2 rings (SSSR count). The highest BCUT2D eigenvalue weighted by Gasteiger charge is 2.21. The van der Waals surface area contributed by atoms with Crippen molar-refractivity contribution in [3.63, 3.8) is 0 Å². The van der Waals surface area contributed by atoms with Crippen molar-refractivity contribution in [1.82, 2.24) is 0 Å². The average molecular weight is 179 g/mol. The van der Waals surface area contributed by atoms with E-state index in [4.69, 9.17) is 0 Å². The van der Waals surface area contributed by atoms with E-state index in [-0.39, 0.29) is 0 Å². The molecular formula is C10H7F2N. The third-order valence-electron chi connectivity index (χ3n) is 1.80. The van der Waals surface area contributed by atoms with E-state index >= 15 is 0 Å². The van der Waals surface area contributed by atoms with Crippen LogP contribution in [0.25, 0.3) is 6.08 Å². The fourth-order valence-electron chi connectivity index (χ4n) is 1.20. The molecule has 0 spiro atoms. The summed E-state index contributed by atoms with van der Waals surface area (Å²) in [6, 6.07) is 6.82. The molecule has 0 unspecified atom stereocenters. The lowest BCUT2D eigenvalue weighted by Crippen LogP contribution is -2.26. The highest BCUT2D eigenvalue weighted by molar-refractivity contribution is 5.37. The molecule has 0 aromatic heterocycles. The third kappa shape index (κ3) is 1.64. The SMILES string of the molecule is FC1(F)C=CN=c2ccccc2=C1. The quantitative estimate of drug-likeness (QED) is 0.568. The zero-order valence-corrected chi connectivity index (χ0v) is 6.74. The summed E-state index contributed by atoms with van der Waals surface area (Å²) < 4.78 is 25.9. The van der Waals surface area contributed by atoms with Gasteiger partial charge in [-0.2, -0.15) is 8.78 Å². The van der Waals surface area contributed by atoms with Gasteiger partial charge in [-0.1, -0.05) is 18.2 Å². The summed E-state index contributed by atoms with van der Waals surface area (Å²) in [5, 5.41) is 1.05. The van der Waals surface area contributed by atoms with Gasteiger partial charge in [0.05, 0.1) is 5.36 Å². The van der Waals surface area contributed by atoms with Crippen LogP contribution in [0, 0.1) is 0 Å². The number of hydrogen-bond donors (Lipinski definition) is 0. The van der Waals surface area contributed by atoms with Crippen molar-refractivity contribution < 1.29 is 8.78 Å². The highest BCUT2D eigenvalue weighted by Crippen LogP contribution is 2.17. The number of halogens is 2. The summed E-state index contributed by atoms with van der Waals surface area (Å²) in [5.41, 5.74) is 0. The van der Waals surface area contributed by atoms with Gasteiger partial charge in [0.15, 0.2) is 0 Å². The van der Waals surface area contributed by atoms with Crippen LogP contribution in [-0.2, 0) is 0 Å². The van der Waals surface area contributed by atoms with Crippen LogP contribution in [0.3, 0.4) is 0 Å². The summed E-state index contributed by atoms with van der Waals surface area (Å²) >= 11 is 0. The summed E-state index contributed by atoms with van der Waals surface area (Å²) in [4.78, 5) is 3.89. The second-order valence-corrected chi connectivity index (χ2v) is 2.82. The Balaban J connectivity index is 2.77. The fraction of sp³-hybridized carbons (Fsp3) is 0.100. The smallest absolute Gasteiger partial charge is 0.256 e. The largest absolute Gasteiger partial charge is 0.287 e. The maximum absolute atomic E-state index is 12.9. The standard InChI is InChI=1S/C10H7F2N/c11-10(12)5-6-13-9-4-2-1-3-8(9)7-10/h1-7H. The first kappa shape index (κ1) is 8.10. The summed E-state index contributed by atoms with van der Waals surface area (Å²) in [6.45, 7) is 0. The summed E-state index contributed by atoms with van der Waals surface area (Å²) in [6.07, 6.45) is 2.84. The molecule has 1 nitrogen and oxygen atoms in total. The van der Waals surface area contributed by atoms with E-state index in [9.17, 15) is 8.78 Å². The molecule has 0 saturated carbocycles. The lowest BCUT2D eigenvalue weighted by molar-refractivity contribution is 0.130. The molecule has 0 amide bonds. The van der Waals surface area contributed by atoms with E-state index in [0.717, 1.165) is 18.4 Å². The minimum Gasteiger partial charge on any atom is -0.256 e. The van der Waals surface area contributed by atoms with Crippen molar-refractivity contribution in [2.45, 2.75) is 5.92 Å².